The average molecular weight is 261 g/mol. The van der Waals surface area contributed by atoms with E-state index < -0.39 is 23.0 Å². The fraction of sp³-hybridized carbons (Fsp3) is 0.133. The number of carbonyl (C=O) groups excluding carboxylic acids is 1. The van der Waals surface area contributed by atoms with Crippen molar-refractivity contribution in [1.29, 1.82) is 0 Å². The summed E-state index contributed by atoms with van der Waals surface area (Å²) in [6.45, 7) is 3.16. The highest BCUT2D eigenvalue weighted by molar-refractivity contribution is 6.10. The third kappa shape index (κ3) is 2.34. The summed E-state index contributed by atoms with van der Waals surface area (Å²) in [6.07, 6.45) is 0. The fourth-order valence-electron chi connectivity index (χ4n) is 1.94. The molecule has 19 heavy (non-hydrogen) atoms. The Morgan fingerprint density at radius 3 is 2.37 bits per heavy atom. The van der Waals surface area contributed by atoms with E-state index in [9.17, 15) is 13.6 Å². The number of ketones is 1. The Kier molecular flexibility index (Phi) is 3.34. The fourth-order valence-corrected chi connectivity index (χ4v) is 1.94. The second-order valence-electron chi connectivity index (χ2n) is 4.46. The minimum absolute atomic E-state index is 0.234. The average Bonchev–Trinajstić information content (AvgIpc) is 2.34. The maximum absolute atomic E-state index is 13.9. The maximum Gasteiger partial charge on any atom is 0.199 e. The monoisotopic (exact) mass is 261 g/mol. The summed E-state index contributed by atoms with van der Waals surface area (Å²) < 4.78 is 27.6. The molecule has 0 spiro atoms. The van der Waals surface area contributed by atoms with Crippen molar-refractivity contribution in [3.8, 4) is 0 Å². The van der Waals surface area contributed by atoms with Crippen LogP contribution in [0.4, 0.5) is 14.5 Å². The van der Waals surface area contributed by atoms with Gasteiger partial charge in [-0.05, 0) is 49.2 Å². The number of hydrogen-bond donors (Lipinski definition) is 1. The lowest BCUT2D eigenvalue weighted by molar-refractivity contribution is 0.103. The Balaban J connectivity index is 2.59. The molecule has 0 fully saturated rings. The van der Waals surface area contributed by atoms with Crippen molar-refractivity contribution < 1.29 is 13.6 Å². The minimum Gasteiger partial charge on any atom is -0.399 e. The van der Waals surface area contributed by atoms with Gasteiger partial charge in [0.25, 0.3) is 0 Å². The Hall–Kier alpha value is -2.23. The van der Waals surface area contributed by atoms with Crippen molar-refractivity contribution in [1.82, 2.24) is 0 Å². The van der Waals surface area contributed by atoms with E-state index in [0.29, 0.717) is 11.3 Å². The molecule has 0 aliphatic carbocycles. The lowest BCUT2D eigenvalue weighted by Crippen LogP contribution is -2.10. The van der Waals surface area contributed by atoms with Crippen LogP contribution in [-0.4, -0.2) is 5.78 Å². The van der Waals surface area contributed by atoms with Crippen LogP contribution in [0.1, 0.15) is 27.0 Å². The summed E-state index contributed by atoms with van der Waals surface area (Å²) in [5.41, 5.74) is 6.64. The Morgan fingerprint density at radius 1 is 1.05 bits per heavy atom. The van der Waals surface area contributed by atoms with E-state index in [1.165, 1.54) is 25.1 Å². The summed E-state index contributed by atoms with van der Waals surface area (Å²) in [6, 6.07) is 7.01. The molecule has 0 aromatic heterocycles. The molecule has 0 atom stereocenters. The first-order chi connectivity index (χ1) is 8.91. The number of aryl methyl sites for hydroxylation is 2. The number of rotatable bonds is 2. The number of anilines is 1. The molecule has 98 valence electrons. The van der Waals surface area contributed by atoms with Crippen LogP contribution in [-0.2, 0) is 0 Å². The lowest BCUT2D eigenvalue weighted by atomic mass is 9.96. The molecule has 2 rings (SSSR count). The quantitative estimate of drug-likeness (QED) is 0.665. The summed E-state index contributed by atoms with van der Waals surface area (Å²) in [5.74, 6) is -2.35. The van der Waals surface area contributed by atoms with Gasteiger partial charge in [0.1, 0.15) is 11.6 Å². The Bertz CT molecular complexity index is 665. The maximum atomic E-state index is 13.9. The molecular formula is C15H13F2NO. The highest BCUT2D eigenvalue weighted by atomic mass is 19.1. The molecule has 0 bridgehead atoms. The molecule has 0 heterocycles. The molecule has 0 aliphatic rings. The molecule has 0 unspecified atom stereocenters. The number of hydrogen-bond acceptors (Lipinski definition) is 2. The van der Waals surface area contributed by atoms with Gasteiger partial charge in [0, 0.05) is 11.3 Å². The third-order valence-corrected chi connectivity index (χ3v) is 3.01. The smallest absolute Gasteiger partial charge is 0.199 e. The van der Waals surface area contributed by atoms with Crippen LogP contribution >= 0.6 is 0 Å². The van der Waals surface area contributed by atoms with Crippen LogP contribution in [0.25, 0.3) is 0 Å². The predicted octanol–water partition coefficient (Wildman–Crippen LogP) is 3.39. The molecule has 2 N–H and O–H groups in total. The molecule has 0 aliphatic heterocycles. The summed E-state index contributed by atoms with van der Waals surface area (Å²) in [7, 11) is 0. The molecule has 0 radical (unpaired) electrons. The summed E-state index contributed by atoms with van der Waals surface area (Å²) >= 11 is 0. The SMILES string of the molecule is Cc1cc(N)ccc1C(=O)c1c(F)ccc(C)c1F. The van der Waals surface area contributed by atoms with E-state index in [-0.39, 0.29) is 11.1 Å². The zero-order valence-corrected chi connectivity index (χ0v) is 10.6. The van der Waals surface area contributed by atoms with Crippen LogP contribution in [0.3, 0.4) is 0 Å². The van der Waals surface area contributed by atoms with Crippen molar-refractivity contribution in [3.63, 3.8) is 0 Å². The van der Waals surface area contributed by atoms with Crippen LogP contribution < -0.4 is 5.73 Å². The van der Waals surface area contributed by atoms with E-state index in [2.05, 4.69) is 0 Å². The van der Waals surface area contributed by atoms with Crippen molar-refractivity contribution in [2.45, 2.75) is 13.8 Å². The van der Waals surface area contributed by atoms with Gasteiger partial charge in [0.05, 0.1) is 5.56 Å². The number of carbonyl (C=O) groups is 1. The first-order valence-corrected chi connectivity index (χ1v) is 5.77. The highest BCUT2D eigenvalue weighted by Crippen LogP contribution is 2.22. The first-order valence-electron chi connectivity index (χ1n) is 5.77. The second-order valence-corrected chi connectivity index (χ2v) is 4.46. The molecule has 0 amide bonds. The van der Waals surface area contributed by atoms with E-state index in [4.69, 9.17) is 5.73 Å². The van der Waals surface area contributed by atoms with Gasteiger partial charge in [-0.1, -0.05) is 6.07 Å². The van der Waals surface area contributed by atoms with Crippen LogP contribution in [0, 0.1) is 25.5 Å². The van der Waals surface area contributed by atoms with Crippen molar-refractivity contribution in [2.24, 2.45) is 0 Å². The number of benzene rings is 2. The predicted molar refractivity (Wildman–Crippen MR) is 70.1 cm³/mol. The number of nitrogens with two attached hydrogens (primary N) is 1. The molecule has 0 saturated carbocycles. The molecule has 2 aromatic rings. The van der Waals surface area contributed by atoms with Crippen LogP contribution in [0.2, 0.25) is 0 Å². The largest absolute Gasteiger partial charge is 0.399 e. The Morgan fingerprint density at radius 2 is 1.74 bits per heavy atom. The first kappa shape index (κ1) is 13.2. The van der Waals surface area contributed by atoms with Crippen molar-refractivity contribution >= 4 is 11.5 Å². The van der Waals surface area contributed by atoms with E-state index in [1.807, 2.05) is 0 Å². The standard InChI is InChI=1S/C15H13F2NO/c1-8-3-6-12(16)13(14(8)17)15(19)11-5-4-10(18)7-9(11)2/h3-7H,18H2,1-2H3. The second kappa shape index (κ2) is 4.80. The molecule has 2 aromatic carbocycles. The van der Waals surface area contributed by atoms with Gasteiger partial charge in [-0.25, -0.2) is 8.78 Å². The highest BCUT2D eigenvalue weighted by Gasteiger charge is 2.21. The zero-order valence-electron chi connectivity index (χ0n) is 10.6. The molecule has 2 nitrogen and oxygen atoms in total. The van der Waals surface area contributed by atoms with Crippen molar-refractivity contribution in [3.05, 3.63) is 64.2 Å². The van der Waals surface area contributed by atoms with Gasteiger partial charge in [0.2, 0.25) is 0 Å². The Labute approximate surface area is 109 Å². The van der Waals surface area contributed by atoms with Gasteiger partial charge >= 0.3 is 0 Å². The normalized spacial score (nSPS) is 10.5. The lowest BCUT2D eigenvalue weighted by Gasteiger charge is -2.09. The number of nitrogen functional groups attached to an aromatic ring is 1. The third-order valence-electron chi connectivity index (χ3n) is 3.01. The van der Waals surface area contributed by atoms with Gasteiger partial charge in [-0.15, -0.1) is 0 Å². The number of halogens is 2. The van der Waals surface area contributed by atoms with Gasteiger partial charge in [-0.2, -0.15) is 0 Å². The van der Waals surface area contributed by atoms with Crippen molar-refractivity contribution in [2.75, 3.05) is 5.73 Å². The molecule has 4 heteroatoms. The van der Waals surface area contributed by atoms with Gasteiger partial charge in [-0.3, -0.25) is 4.79 Å². The summed E-state index contributed by atoms with van der Waals surface area (Å²) in [5, 5.41) is 0. The minimum atomic E-state index is -0.857. The molecular weight excluding hydrogens is 248 g/mol. The van der Waals surface area contributed by atoms with E-state index in [1.54, 1.807) is 13.0 Å². The summed E-state index contributed by atoms with van der Waals surface area (Å²) in [4.78, 5) is 12.3. The van der Waals surface area contributed by atoms with Gasteiger partial charge < -0.3 is 5.73 Å². The molecule has 0 saturated heterocycles. The van der Waals surface area contributed by atoms with Gasteiger partial charge in [0.15, 0.2) is 5.78 Å². The van der Waals surface area contributed by atoms with E-state index >= 15 is 0 Å². The zero-order chi connectivity index (χ0) is 14.2. The van der Waals surface area contributed by atoms with Crippen LogP contribution in [0.15, 0.2) is 30.3 Å². The topological polar surface area (TPSA) is 43.1 Å². The van der Waals surface area contributed by atoms with Crippen LogP contribution in [0.5, 0.6) is 0 Å². The van der Waals surface area contributed by atoms with E-state index in [0.717, 1.165) is 6.07 Å².